The standard InChI is InChI=1S/C34H43N6O10P.C15H21N5O5.C10H7Cl2O2P.C9H17NO3.ClH/c1-5-7-18-46-30-27-29(37-33(35)38-30)40(21-36-27)32-34(4,43)28(41)26(49-32)20-48-51(44,39-22(3)31(42)47-19-11-17-45-16-6-2)50-25-15-10-13-23-12-8-9-14-24(23)25;1-3-4-5-24-12-9-11(18-14(16)19-12)20(7-17-9)13-15(2,23)10(22)8(6-21)25-13;11-15(12,13)14-10-7-3-5-8-4-1-2-6-9(8)10;1-3-5-12-6-4-7-13-9(11)8(2)10;/h5-6,8-10,12-15,21-22,26,28,32,41,43H,1-2,7,11,16-20H2,3-4H3,(H,39,44)(H2,35,37,38);3,7-8,10,13,21-23H,1,4-6H2,2H3,(H2,16,18,19);1-7H;3,8H,1,4-7,10H2,2H3;1H/t22-,26?,28+,32?,34+,51?;8?,10-,13?,15-;;8-;/m01.0./s1. The summed E-state index contributed by atoms with van der Waals surface area (Å²) in [6.07, 6.45) is 0.914. The highest BCUT2D eigenvalue weighted by molar-refractivity contribution is 8.05. The fourth-order valence-corrected chi connectivity index (χ4v) is 12.6. The van der Waals surface area contributed by atoms with Crippen LogP contribution in [0.25, 0.3) is 43.9 Å². The maximum atomic E-state index is 14.4. The highest BCUT2D eigenvalue weighted by Gasteiger charge is 2.55. The van der Waals surface area contributed by atoms with Crippen LogP contribution in [0.2, 0.25) is 0 Å². The van der Waals surface area contributed by atoms with E-state index in [0.29, 0.717) is 82.0 Å². The zero-order chi connectivity index (χ0) is 75.8. The zero-order valence-electron chi connectivity index (χ0n) is 58.1. The minimum atomic E-state index is -4.42. The molecule has 10 rings (SSSR count). The third-order valence-corrected chi connectivity index (χ3v) is 17.8. The van der Waals surface area contributed by atoms with E-state index in [1.165, 1.54) is 42.6 Å². The summed E-state index contributed by atoms with van der Waals surface area (Å²) in [5.74, 6) is -0.227. The lowest BCUT2D eigenvalue weighted by Gasteiger charge is -2.27. The van der Waals surface area contributed by atoms with E-state index in [1.54, 1.807) is 67.6 Å². The second-order valence-electron chi connectivity index (χ2n) is 23.6. The summed E-state index contributed by atoms with van der Waals surface area (Å²) < 4.78 is 88.7. The average Bonchev–Trinajstić information content (AvgIpc) is 1.61. The predicted molar refractivity (Wildman–Crippen MR) is 397 cm³/mol. The number of ether oxygens (including phenoxy) is 8. The molecule has 5 unspecified atom stereocenters. The summed E-state index contributed by atoms with van der Waals surface area (Å²) in [7, 11) is -4.42. The number of nitrogens with two attached hydrogens (primary N) is 3. The van der Waals surface area contributed by atoms with E-state index >= 15 is 0 Å². The number of fused-ring (bicyclic) bond motifs is 4. The summed E-state index contributed by atoms with van der Waals surface area (Å²) in [6, 6.07) is 23.8. The summed E-state index contributed by atoms with van der Waals surface area (Å²) in [5.41, 5.74) is 14.5. The van der Waals surface area contributed by atoms with Crippen molar-refractivity contribution in [1.29, 1.82) is 0 Å². The van der Waals surface area contributed by atoms with Gasteiger partial charge in [0.25, 0.3) is 0 Å². The number of esters is 2. The minimum Gasteiger partial charge on any atom is -0.476 e. The molecule has 4 aromatic heterocycles. The van der Waals surface area contributed by atoms with Gasteiger partial charge in [0.1, 0.15) is 59.2 Å². The number of benzene rings is 4. The number of hydrogen-bond acceptors (Lipinski definition) is 29. The van der Waals surface area contributed by atoms with Crippen molar-refractivity contribution in [3.8, 4) is 23.3 Å². The van der Waals surface area contributed by atoms with Gasteiger partial charge < -0.3 is 89.7 Å². The van der Waals surface area contributed by atoms with Gasteiger partial charge in [-0.3, -0.25) is 23.2 Å². The molecule has 11 atom stereocenters. The minimum absolute atomic E-state index is 0. The molecule has 6 heterocycles. The van der Waals surface area contributed by atoms with Gasteiger partial charge in [-0.05, 0) is 63.4 Å². The third kappa shape index (κ3) is 23.8. The molecule has 0 bridgehead atoms. The van der Waals surface area contributed by atoms with Crippen LogP contribution >= 0.6 is 48.7 Å². The SMILES string of the molecule is C=CCCOc1nc(N)nc2c1ncn2C1OC(CO)[C@@H](O)[C@@]1(C)O.C=CCCOc1nc(N)nc2c1ncn2C1OC(COP(=O)(N[C@@H](C)C(=O)OCCCOCC=C)Oc2cccc3ccccc23)[C@@H](O)[C@@]1(C)O.C=CCOCCCOC(=O)[C@H](C)N.Cl.O=P(Cl)(Cl)Oc1cccc2ccccc12. The van der Waals surface area contributed by atoms with Crippen molar-refractivity contribution in [3.63, 3.8) is 0 Å². The first-order chi connectivity index (χ1) is 49.6. The molecule has 0 spiro atoms. The smallest absolute Gasteiger partial charge is 0.459 e. The van der Waals surface area contributed by atoms with Gasteiger partial charge in [-0.25, -0.2) is 19.1 Å². The molecule has 2 saturated heterocycles. The quantitative estimate of drug-likeness (QED) is 0.00786. The van der Waals surface area contributed by atoms with Gasteiger partial charge in [-0.2, -0.15) is 25.0 Å². The Morgan fingerprint density at radius 3 is 1.52 bits per heavy atom. The zero-order valence-corrected chi connectivity index (χ0v) is 62.2. The number of aliphatic hydroxyl groups excluding tert-OH is 3. The van der Waals surface area contributed by atoms with E-state index in [4.69, 9.17) is 91.1 Å². The van der Waals surface area contributed by atoms with Crippen molar-refractivity contribution in [2.45, 2.75) is 114 Å². The number of nitrogen functional groups attached to an aromatic ring is 2. The predicted octanol–water partition coefficient (Wildman–Crippen LogP) is 8.90. The van der Waals surface area contributed by atoms with Crippen molar-refractivity contribution in [2.75, 3.05) is 77.5 Å². The molecule has 105 heavy (non-hydrogen) atoms. The van der Waals surface area contributed by atoms with E-state index in [0.717, 1.165) is 16.2 Å². The molecule has 572 valence electrons. The lowest BCUT2D eigenvalue weighted by atomic mass is 9.96. The Hall–Kier alpha value is -7.95. The molecule has 2 aliphatic heterocycles. The number of aliphatic hydroxyl groups is 5. The van der Waals surface area contributed by atoms with Crippen molar-refractivity contribution < 1.29 is 95.7 Å². The van der Waals surface area contributed by atoms with Gasteiger partial charge in [0, 0.05) is 46.1 Å². The Balaban J connectivity index is 0.000000262. The van der Waals surface area contributed by atoms with Gasteiger partial charge in [-0.1, -0.05) is 97.1 Å². The highest BCUT2D eigenvalue weighted by Crippen LogP contribution is 2.58. The number of nitrogens with one attached hydrogen (secondary N) is 1. The van der Waals surface area contributed by atoms with Crippen LogP contribution in [0.15, 0.2) is 148 Å². The van der Waals surface area contributed by atoms with Crippen LogP contribution < -0.4 is 40.8 Å². The molecule has 4 aromatic carbocycles. The Morgan fingerprint density at radius 1 is 0.648 bits per heavy atom. The summed E-state index contributed by atoms with van der Waals surface area (Å²) in [5, 5.41) is 58.8. The fourth-order valence-electron chi connectivity index (χ4n) is 10.2. The number of aromatic nitrogens is 8. The first-order valence-electron chi connectivity index (χ1n) is 32.6. The number of hydrogen-bond donors (Lipinski definition) is 9. The molecule has 2 fully saturated rings. The lowest BCUT2D eigenvalue weighted by Crippen LogP contribution is -2.44. The van der Waals surface area contributed by atoms with Crippen molar-refractivity contribution in [3.05, 3.63) is 148 Å². The second-order valence-corrected chi connectivity index (χ2v) is 29.5. The van der Waals surface area contributed by atoms with Crippen LogP contribution in [0.1, 0.15) is 65.8 Å². The maximum absolute atomic E-state index is 14.4. The number of anilines is 2. The maximum Gasteiger partial charge on any atom is 0.459 e. The first-order valence-corrected chi connectivity index (χ1v) is 37.6. The first kappa shape index (κ1) is 86.0. The van der Waals surface area contributed by atoms with Gasteiger partial charge in [-0.15, -0.1) is 38.7 Å². The Bertz CT molecular complexity index is 4280. The van der Waals surface area contributed by atoms with E-state index in [-0.39, 0.29) is 77.8 Å². The normalized spacial score (nSPS) is 20.8. The average molecular weight is 1560 g/mol. The Kier molecular flexibility index (Phi) is 33.3. The Labute approximate surface area is 621 Å². The van der Waals surface area contributed by atoms with Crippen LogP contribution in [-0.2, 0) is 51.7 Å². The summed E-state index contributed by atoms with van der Waals surface area (Å²) in [4.78, 5) is 48.8. The summed E-state index contributed by atoms with van der Waals surface area (Å²) >= 11 is 10.7. The van der Waals surface area contributed by atoms with E-state index < -0.39 is 93.2 Å². The topological polar surface area (TPSA) is 448 Å². The number of imidazole rings is 2. The molecule has 12 N–H and O–H groups in total. The van der Waals surface area contributed by atoms with Crippen LogP contribution in [0.4, 0.5) is 11.9 Å². The number of carbonyl (C=O) groups excluding carboxylic acids is 2. The van der Waals surface area contributed by atoms with Crippen LogP contribution in [-0.4, -0.2) is 190 Å². The van der Waals surface area contributed by atoms with Gasteiger partial charge in [0.05, 0.1) is 78.7 Å². The van der Waals surface area contributed by atoms with Crippen molar-refractivity contribution >= 4 is 116 Å². The fraction of sp³-hybridized carbons (Fsp3) is 0.412. The molecule has 0 radical (unpaired) electrons. The highest BCUT2D eigenvalue weighted by atomic mass is 35.9. The van der Waals surface area contributed by atoms with Crippen molar-refractivity contribution in [2.24, 2.45) is 5.73 Å². The van der Waals surface area contributed by atoms with Crippen LogP contribution in [0.3, 0.4) is 0 Å². The van der Waals surface area contributed by atoms with Gasteiger partial charge in [0.2, 0.25) is 23.7 Å². The molecule has 32 nitrogen and oxygen atoms in total. The van der Waals surface area contributed by atoms with E-state index in [9.17, 15) is 44.3 Å². The molecule has 8 aromatic rings. The van der Waals surface area contributed by atoms with Gasteiger partial charge >= 0.3 is 25.8 Å². The number of halogens is 3. The van der Waals surface area contributed by atoms with Crippen LogP contribution in [0, 0.1) is 0 Å². The molecule has 0 saturated carbocycles. The monoisotopic (exact) mass is 1560 g/mol. The molecular formula is C68H89Cl3N12O20P2. The van der Waals surface area contributed by atoms with Crippen molar-refractivity contribution in [1.82, 2.24) is 44.1 Å². The van der Waals surface area contributed by atoms with Crippen LogP contribution in [0.5, 0.6) is 23.3 Å². The third-order valence-electron chi connectivity index (χ3n) is 15.4. The number of rotatable bonds is 34. The van der Waals surface area contributed by atoms with E-state index in [1.807, 2.05) is 48.5 Å². The molecular weight excluding hydrogens is 1470 g/mol. The Morgan fingerprint density at radius 2 is 1.09 bits per heavy atom. The van der Waals surface area contributed by atoms with E-state index in [2.05, 4.69) is 61.3 Å². The number of nitrogens with zero attached hydrogens (tertiary/aromatic N) is 8. The molecule has 2 aliphatic rings. The lowest BCUT2D eigenvalue weighted by molar-refractivity contribution is -0.146. The molecule has 0 aliphatic carbocycles. The molecule has 0 amide bonds. The number of carbonyl (C=O) groups is 2. The second kappa shape index (κ2) is 40.7. The summed E-state index contributed by atoms with van der Waals surface area (Å²) in [6.45, 7) is 22.1. The molecule has 37 heteroatoms. The van der Waals surface area contributed by atoms with Gasteiger partial charge in [0.15, 0.2) is 34.8 Å². The largest absolute Gasteiger partial charge is 0.476 e.